The number of nitrogens with zero attached hydrogens (tertiary/aromatic N) is 6. The van der Waals surface area contributed by atoms with Crippen LogP contribution < -0.4 is 18.9 Å². The lowest BCUT2D eigenvalue weighted by atomic mass is 9.91. The highest BCUT2D eigenvalue weighted by Crippen LogP contribution is 2.50. The van der Waals surface area contributed by atoms with Gasteiger partial charge in [-0.15, -0.1) is 45.3 Å². The number of ether oxygens (including phenoxy) is 10. The van der Waals surface area contributed by atoms with Crippen LogP contribution in [0.2, 0.25) is 0 Å². The molecule has 4 aliphatic rings. The summed E-state index contributed by atoms with van der Waals surface area (Å²) in [6.45, 7) is 32.1. The highest BCUT2D eigenvalue weighted by molar-refractivity contribution is 7.13. The number of hydrogen-bond donors (Lipinski definition) is 2. The van der Waals surface area contributed by atoms with E-state index in [1.165, 1.54) is 19.5 Å². The average molecular weight is 1290 g/mol. The summed E-state index contributed by atoms with van der Waals surface area (Å²) in [7, 11) is 0. The van der Waals surface area contributed by atoms with Crippen LogP contribution in [0.1, 0.15) is 107 Å². The molecule has 0 amide bonds. The van der Waals surface area contributed by atoms with Gasteiger partial charge in [0.25, 0.3) is 0 Å². The van der Waals surface area contributed by atoms with Gasteiger partial charge in [0.2, 0.25) is 0 Å². The third-order valence-corrected chi connectivity index (χ3v) is 21.5. The first-order chi connectivity index (χ1) is 43.6. The molecule has 0 saturated carbocycles. The van der Waals surface area contributed by atoms with E-state index in [9.17, 15) is 0 Å². The Labute approximate surface area is 538 Å². The van der Waals surface area contributed by atoms with Crippen LogP contribution in [0.3, 0.4) is 0 Å². The summed E-state index contributed by atoms with van der Waals surface area (Å²) in [5.41, 5.74) is 14.3. The van der Waals surface area contributed by atoms with Gasteiger partial charge in [-0.1, -0.05) is 0 Å². The molecule has 7 aromatic heterocycles. The smallest absolute Gasteiger partial charge is 0.165 e. The number of aromatic nitrogens is 8. The molecular weight excluding hydrogens is 1220 g/mol. The van der Waals surface area contributed by atoms with Gasteiger partial charge in [-0.2, -0.15) is 0 Å². The van der Waals surface area contributed by atoms with Gasteiger partial charge in [0.1, 0.15) is 49.0 Å². The molecule has 0 radical (unpaired) electrons. The van der Waals surface area contributed by atoms with Crippen molar-refractivity contribution >= 4 is 112 Å². The number of thiophene rings is 4. The van der Waals surface area contributed by atoms with Crippen molar-refractivity contribution in [3.05, 3.63) is 131 Å². The first-order valence-corrected chi connectivity index (χ1v) is 33.8. The van der Waals surface area contributed by atoms with Crippen molar-refractivity contribution in [2.24, 2.45) is 0 Å². The lowest BCUT2D eigenvalue weighted by Gasteiger charge is -2.13. The van der Waals surface area contributed by atoms with E-state index in [-0.39, 0.29) is 26.4 Å². The van der Waals surface area contributed by atoms with Gasteiger partial charge in [0.05, 0.1) is 79.3 Å². The third kappa shape index (κ3) is 11.9. The zero-order valence-electron chi connectivity index (χ0n) is 53.0. The Morgan fingerprint density at radius 3 is 0.656 bits per heavy atom. The summed E-state index contributed by atoms with van der Waals surface area (Å²) in [5.74, 6) is 3.96. The second-order valence-electron chi connectivity index (χ2n) is 22.7. The number of rotatable bonds is 4. The highest BCUT2D eigenvalue weighted by atomic mass is 32.1. The summed E-state index contributed by atoms with van der Waals surface area (Å²) < 4.78 is 61.8. The molecule has 18 nitrogen and oxygen atoms in total. The number of aryl methyl sites for hydroxylation is 8. The minimum atomic E-state index is 0.260. The van der Waals surface area contributed by atoms with Gasteiger partial charge in [0, 0.05) is 105 Å². The van der Waals surface area contributed by atoms with Crippen LogP contribution in [0.25, 0.3) is 66.4 Å². The van der Waals surface area contributed by atoms with Crippen LogP contribution in [-0.2, 0) is 28.4 Å². The number of fused-ring (bicyclic) bond motifs is 16. The molecule has 13 rings (SSSR count). The molecule has 2 aromatic carbocycles. The maximum atomic E-state index is 6.62. The highest BCUT2D eigenvalue weighted by Gasteiger charge is 2.35. The maximum Gasteiger partial charge on any atom is 0.165 e. The van der Waals surface area contributed by atoms with Gasteiger partial charge >= 0.3 is 0 Å². The Kier molecular flexibility index (Phi) is 18.1. The minimum Gasteiger partial charge on any atom is -0.487 e. The zero-order valence-corrected chi connectivity index (χ0v) is 56.3. The van der Waals surface area contributed by atoms with Crippen molar-refractivity contribution in [1.82, 2.24) is 39.9 Å². The molecule has 0 spiro atoms. The SMILES string of the molecule is Cc1sc(C)c(C2=C(c3c(C)sc(C)c3C)c3nc2nc2[nH]c(nc4nc(nc5[nH]c(n3)c3cc6c(cc53)OCCOCCOCCOCCO6)C(c3c(C)sc(C)c3C)=C4c3c(C)sc(C)c3C)c3cc4c(cc23)OCCOCCOCCOCCO4)c1C. The molecule has 2 N–H and O–H groups in total. The molecule has 90 heavy (non-hydrogen) atoms. The number of benzene rings is 2. The first kappa shape index (κ1) is 61.9. The predicted molar refractivity (Wildman–Crippen MR) is 358 cm³/mol. The van der Waals surface area contributed by atoms with Gasteiger partial charge in [0.15, 0.2) is 46.3 Å². The summed E-state index contributed by atoms with van der Waals surface area (Å²) >= 11 is 7.06. The van der Waals surface area contributed by atoms with E-state index in [1.807, 2.05) is 24.3 Å². The molecule has 8 bridgehead atoms. The summed E-state index contributed by atoms with van der Waals surface area (Å²) in [4.78, 5) is 51.2. The lowest BCUT2D eigenvalue weighted by Crippen LogP contribution is -2.13. The fourth-order valence-electron chi connectivity index (χ4n) is 12.3. The molecular formula is C68H74N8O10S4. The first-order valence-electron chi connectivity index (χ1n) is 30.6. The third-order valence-electron chi connectivity index (χ3n) is 17.0. The fourth-order valence-corrected chi connectivity index (χ4v) is 16.6. The van der Waals surface area contributed by atoms with E-state index in [4.69, 9.17) is 77.3 Å². The van der Waals surface area contributed by atoms with Crippen LogP contribution in [0.15, 0.2) is 24.3 Å². The Balaban J connectivity index is 1.20. The van der Waals surface area contributed by atoms with Crippen LogP contribution in [0, 0.1) is 83.1 Å². The fraction of sp³-hybridized carbons (Fsp3) is 0.412. The van der Waals surface area contributed by atoms with Crippen molar-refractivity contribution in [1.29, 1.82) is 0 Å². The molecule has 11 heterocycles. The molecule has 0 atom stereocenters. The van der Waals surface area contributed by atoms with E-state index in [1.54, 1.807) is 45.3 Å². The van der Waals surface area contributed by atoms with Crippen molar-refractivity contribution < 1.29 is 47.4 Å². The summed E-state index contributed by atoms with van der Waals surface area (Å²) in [5, 5.41) is 2.91. The molecule has 0 saturated heterocycles. The second-order valence-corrected chi connectivity index (χ2v) is 28.4. The van der Waals surface area contributed by atoms with Gasteiger partial charge in [-0.3, -0.25) is 0 Å². The zero-order chi connectivity index (χ0) is 62.5. The molecule has 9 aromatic rings. The Morgan fingerprint density at radius 2 is 0.467 bits per heavy atom. The quantitative estimate of drug-likeness (QED) is 0.168. The molecule has 0 unspecified atom stereocenters. The Bertz CT molecular complexity index is 3970. The van der Waals surface area contributed by atoms with E-state index in [2.05, 4.69) is 93.1 Å². The van der Waals surface area contributed by atoms with E-state index in [0.29, 0.717) is 148 Å². The van der Waals surface area contributed by atoms with E-state index >= 15 is 0 Å². The monoisotopic (exact) mass is 1290 g/mol. The number of nitrogens with one attached hydrogen (secondary N) is 2. The number of hydrogen-bond acceptors (Lipinski definition) is 20. The van der Waals surface area contributed by atoms with Gasteiger partial charge in [-0.05, 0) is 130 Å². The van der Waals surface area contributed by atoms with Gasteiger partial charge < -0.3 is 57.3 Å². The van der Waals surface area contributed by atoms with Crippen molar-refractivity contribution in [3.63, 3.8) is 0 Å². The molecule has 0 fully saturated rings. The van der Waals surface area contributed by atoms with Crippen molar-refractivity contribution in [2.75, 3.05) is 106 Å². The Morgan fingerprint density at radius 1 is 0.267 bits per heavy atom. The maximum absolute atomic E-state index is 6.62. The van der Waals surface area contributed by atoms with Crippen LogP contribution in [-0.4, -0.2) is 146 Å². The summed E-state index contributed by atoms with van der Waals surface area (Å²) in [6, 6.07) is 7.95. The van der Waals surface area contributed by atoms with E-state index < -0.39 is 0 Å². The molecule has 22 heteroatoms. The predicted octanol–water partition coefficient (Wildman–Crippen LogP) is 13.8. The topological polar surface area (TPSA) is 201 Å². The largest absolute Gasteiger partial charge is 0.487 e. The van der Waals surface area contributed by atoms with Gasteiger partial charge in [-0.25, -0.2) is 29.9 Å². The van der Waals surface area contributed by atoms with Crippen LogP contribution >= 0.6 is 45.3 Å². The lowest BCUT2D eigenvalue weighted by molar-refractivity contribution is 0.00708. The van der Waals surface area contributed by atoms with Crippen molar-refractivity contribution in [3.8, 4) is 23.0 Å². The van der Waals surface area contributed by atoms with E-state index in [0.717, 1.165) is 108 Å². The standard InChI is InChI=1S/C68H74N8O10S4/c1-33-37(5)87-41(9)53(33)57-58(54-34(2)38(6)88-42(54)10)66-72-62-47-31-51-52(86-28-24-82-20-16-78-15-19-81-23-27-85-51)32-48(47)64(70-62)74-68-60(56-36(4)40(8)90-44(56)12)59(55-35(3)39(7)89-43(55)11)67(76-68)73-63-46-30-50-49(29-45(46)61(69-63)71-65(57)75-66)83-25-21-79-17-13-77-14-18-80-22-26-84-50/h29-32H,13-28H2,1-12H3,(H2,69,70,71,72,73,74,75,76). The van der Waals surface area contributed by atoms with Crippen LogP contribution in [0.5, 0.6) is 23.0 Å². The Hall–Kier alpha value is -6.96. The molecule has 470 valence electrons. The molecule has 0 aliphatic carbocycles. The minimum absolute atomic E-state index is 0.260. The summed E-state index contributed by atoms with van der Waals surface area (Å²) in [6.07, 6.45) is 0. The number of H-pyrrole nitrogens is 2. The molecule has 4 aliphatic heterocycles. The average Bonchev–Trinajstić information content (AvgIpc) is 1.61. The number of aromatic amines is 2. The van der Waals surface area contributed by atoms with Crippen molar-refractivity contribution in [2.45, 2.75) is 83.1 Å². The second kappa shape index (κ2) is 26.3. The van der Waals surface area contributed by atoms with Crippen LogP contribution in [0.4, 0.5) is 0 Å². The normalized spacial score (nSPS) is 16.4.